The minimum absolute atomic E-state index is 0.194. The number of carboxylic acid groups (broad SMARTS) is 1. The van der Waals surface area contributed by atoms with E-state index in [1.54, 1.807) is 0 Å². The van der Waals surface area contributed by atoms with Crippen LogP contribution >= 0.6 is 0 Å². The Labute approximate surface area is 97.0 Å². The summed E-state index contributed by atoms with van der Waals surface area (Å²) >= 11 is 0. The van der Waals surface area contributed by atoms with E-state index in [0.717, 1.165) is 6.07 Å². The third-order valence-electron chi connectivity index (χ3n) is 2.13. The molecule has 17 heavy (non-hydrogen) atoms. The topological polar surface area (TPSA) is 89.6 Å². The number of aryl methyl sites for hydroxylation is 1. The van der Waals surface area contributed by atoms with Crippen molar-refractivity contribution in [2.75, 3.05) is 5.73 Å². The molecule has 5 nitrogen and oxygen atoms in total. The fourth-order valence-corrected chi connectivity index (χ4v) is 1.22. The standard InChI is InChI=1S/C11H12FNO4/c1-5-3-7(13)4-8(9(5)12)11(16)17-6(2)10(14)15/h3-4,6H,13H2,1-2H3,(H,14,15). The molecule has 1 aromatic carbocycles. The van der Waals surface area contributed by atoms with E-state index in [1.807, 2.05) is 0 Å². The number of nitrogens with two attached hydrogens (primary N) is 1. The highest BCUT2D eigenvalue weighted by Crippen LogP contribution is 2.18. The Bertz CT molecular complexity index is 473. The van der Waals surface area contributed by atoms with Crippen LogP contribution in [0.15, 0.2) is 12.1 Å². The molecular formula is C11H12FNO4. The fraction of sp³-hybridized carbons (Fsp3) is 0.273. The second-order valence-corrected chi connectivity index (χ2v) is 3.59. The van der Waals surface area contributed by atoms with Gasteiger partial charge in [0.05, 0.1) is 5.56 Å². The van der Waals surface area contributed by atoms with Gasteiger partial charge in [0.15, 0.2) is 6.10 Å². The van der Waals surface area contributed by atoms with Crippen molar-refractivity contribution in [1.29, 1.82) is 0 Å². The Morgan fingerprint density at radius 1 is 1.47 bits per heavy atom. The summed E-state index contributed by atoms with van der Waals surface area (Å²) in [5, 5.41) is 8.56. The Kier molecular flexibility index (Phi) is 3.67. The first kappa shape index (κ1) is 13.0. The van der Waals surface area contributed by atoms with Gasteiger partial charge in [0.1, 0.15) is 5.82 Å². The number of rotatable bonds is 3. The van der Waals surface area contributed by atoms with Crippen LogP contribution in [0.25, 0.3) is 0 Å². The monoisotopic (exact) mass is 241 g/mol. The highest BCUT2D eigenvalue weighted by molar-refractivity contribution is 5.92. The van der Waals surface area contributed by atoms with Crippen molar-refractivity contribution in [2.24, 2.45) is 0 Å². The normalized spacial score (nSPS) is 11.9. The predicted octanol–water partition coefficient (Wildman–Crippen LogP) is 1.35. The number of hydrogen-bond acceptors (Lipinski definition) is 4. The van der Waals surface area contributed by atoms with Crippen molar-refractivity contribution < 1.29 is 23.8 Å². The van der Waals surface area contributed by atoms with Gasteiger partial charge in [-0.3, -0.25) is 0 Å². The average Bonchev–Trinajstić information content (AvgIpc) is 2.22. The number of anilines is 1. The number of carbonyl (C=O) groups excluding carboxylic acids is 1. The molecule has 0 heterocycles. The quantitative estimate of drug-likeness (QED) is 0.615. The van der Waals surface area contributed by atoms with E-state index in [-0.39, 0.29) is 16.8 Å². The Morgan fingerprint density at radius 2 is 2.06 bits per heavy atom. The van der Waals surface area contributed by atoms with E-state index in [2.05, 4.69) is 4.74 Å². The van der Waals surface area contributed by atoms with Crippen LogP contribution in [0.4, 0.5) is 10.1 Å². The van der Waals surface area contributed by atoms with Gasteiger partial charge in [-0.05, 0) is 31.5 Å². The summed E-state index contributed by atoms with van der Waals surface area (Å²) in [5.74, 6) is -3.12. The van der Waals surface area contributed by atoms with Gasteiger partial charge < -0.3 is 15.6 Å². The number of carboxylic acids is 1. The first-order chi connectivity index (χ1) is 7.82. The molecule has 0 spiro atoms. The number of benzene rings is 1. The van der Waals surface area contributed by atoms with Gasteiger partial charge in [-0.2, -0.15) is 0 Å². The summed E-state index contributed by atoms with van der Waals surface area (Å²) in [4.78, 5) is 22.0. The molecule has 0 saturated heterocycles. The summed E-state index contributed by atoms with van der Waals surface area (Å²) in [6, 6.07) is 2.48. The van der Waals surface area contributed by atoms with Crippen molar-refractivity contribution in [3.63, 3.8) is 0 Å². The molecule has 0 saturated carbocycles. The zero-order chi connectivity index (χ0) is 13.2. The average molecular weight is 241 g/mol. The molecule has 0 fully saturated rings. The van der Waals surface area contributed by atoms with E-state index < -0.39 is 23.9 Å². The summed E-state index contributed by atoms with van der Waals surface area (Å²) in [6.07, 6.45) is -1.34. The third kappa shape index (κ3) is 2.93. The van der Waals surface area contributed by atoms with E-state index in [4.69, 9.17) is 10.8 Å². The lowest BCUT2D eigenvalue weighted by molar-refractivity contribution is -0.146. The SMILES string of the molecule is Cc1cc(N)cc(C(=O)OC(C)C(=O)O)c1F. The summed E-state index contributed by atoms with van der Waals surface area (Å²) in [5.41, 5.74) is 5.50. The molecule has 1 aromatic rings. The lowest BCUT2D eigenvalue weighted by Gasteiger charge is -2.10. The fourth-order valence-electron chi connectivity index (χ4n) is 1.22. The molecule has 0 aliphatic rings. The number of carbonyl (C=O) groups is 2. The maximum atomic E-state index is 13.6. The van der Waals surface area contributed by atoms with Gasteiger partial charge in [0.25, 0.3) is 0 Å². The molecular weight excluding hydrogens is 229 g/mol. The first-order valence-corrected chi connectivity index (χ1v) is 4.82. The highest BCUT2D eigenvalue weighted by Gasteiger charge is 2.21. The van der Waals surface area contributed by atoms with Gasteiger partial charge >= 0.3 is 11.9 Å². The molecule has 0 aromatic heterocycles. The van der Waals surface area contributed by atoms with Crippen LogP contribution in [0.5, 0.6) is 0 Å². The molecule has 3 N–H and O–H groups in total. The Balaban J connectivity index is 3.01. The molecule has 0 bridgehead atoms. The van der Waals surface area contributed by atoms with Gasteiger partial charge in [-0.15, -0.1) is 0 Å². The van der Waals surface area contributed by atoms with Gasteiger partial charge in [0.2, 0.25) is 0 Å². The van der Waals surface area contributed by atoms with E-state index >= 15 is 0 Å². The summed E-state index contributed by atoms with van der Waals surface area (Å²) in [6.45, 7) is 2.63. The van der Waals surface area contributed by atoms with Crippen LogP contribution < -0.4 is 5.73 Å². The molecule has 0 aliphatic heterocycles. The molecule has 1 rings (SSSR count). The zero-order valence-corrected chi connectivity index (χ0v) is 9.36. The summed E-state index contributed by atoms with van der Waals surface area (Å²) in [7, 11) is 0. The minimum Gasteiger partial charge on any atom is -0.479 e. The number of hydrogen-bond donors (Lipinski definition) is 2. The van der Waals surface area contributed by atoms with Crippen molar-refractivity contribution in [1.82, 2.24) is 0 Å². The zero-order valence-electron chi connectivity index (χ0n) is 9.36. The van der Waals surface area contributed by atoms with Crippen molar-refractivity contribution in [2.45, 2.75) is 20.0 Å². The predicted molar refractivity (Wildman–Crippen MR) is 58.1 cm³/mol. The summed E-state index contributed by atoms with van der Waals surface area (Å²) < 4.78 is 18.1. The van der Waals surface area contributed by atoms with Crippen LogP contribution in [0.1, 0.15) is 22.8 Å². The van der Waals surface area contributed by atoms with Crippen LogP contribution in [0.2, 0.25) is 0 Å². The number of esters is 1. The first-order valence-electron chi connectivity index (χ1n) is 4.82. The molecule has 0 radical (unpaired) electrons. The van der Waals surface area contributed by atoms with Gasteiger partial charge in [-0.1, -0.05) is 0 Å². The number of halogens is 1. The van der Waals surface area contributed by atoms with E-state index in [0.29, 0.717) is 0 Å². The Hall–Kier alpha value is -2.11. The minimum atomic E-state index is -1.34. The van der Waals surface area contributed by atoms with Crippen LogP contribution in [-0.2, 0) is 9.53 Å². The Morgan fingerprint density at radius 3 is 2.59 bits per heavy atom. The van der Waals surface area contributed by atoms with Crippen molar-refractivity contribution in [3.8, 4) is 0 Å². The maximum absolute atomic E-state index is 13.6. The largest absolute Gasteiger partial charge is 0.479 e. The van der Waals surface area contributed by atoms with Crippen LogP contribution in [0, 0.1) is 12.7 Å². The number of nitrogen functional groups attached to an aromatic ring is 1. The molecule has 1 unspecified atom stereocenters. The third-order valence-corrected chi connectivity index (χ3v) is 2.13. The van der Waals surface area contributed by atoms with Gasteiger partial charge in [0, 0.05) is 5.69 Å². The van der Waals surface area contributed by atoms with E-state index in [9.17, 15) is 14.0 Å². The highest BCUT2D eigenvalue weighted by atomic mass is 19.1. The van der Waals surface area contributed by atoms with Crippen LogP contribution in [-0.4, -0.2) is 23.1 Å². The second kappa shape index (κ2) is 4.82. The molecule has 0 aliphatic carbocycles. The van der Waals surface area contributed by atoms with Gasteiger partial charge in [-0.25, -0.2) is 14.0 Å². The lowest BCUT2D eigenvalue weighted by atomic mass is 10.1. The maximum Gasteiger partial charge on any atom is 0.344 e. The number of ether oxygens (including phenoxy) is 1. The van der Waals surface area contributed by atoms with Crippen molar-refractivity contribution in [3.05, 3.63) is 29.1 Å². The lowest BCUT2D eigenvalue weighted by Crippen LogP contribution is -2.24. The van der Waals surface area contributed by atoms with E-state index in [1.165, 1.54) is 19.9 Å². The molecule has 92 valence electrons. The molecule has 1 atom stereocenters. The molecule has 6 heteroatoms. The smallest absolute Gasteiger partial charge is 0.344 e. The van der Waals surface area contributed by atoms with Crippen LogP contribution in [0.3, 0.4) is 0 Å². The van der Waals surface area contributed by atoms with Crippen molar-refractivity contribution >= 4 is 17.6 Å². The number of aliphatic carboxylic acids is 1. The second-order valence-electron chi connectivity index (χ2n) is 3.59. The molecule has 0 amide bonds.